The molecule has 1 aromatic heterocycles. The van der Waals surface area contributed by atoms with E-state index in [0.717, 1.165) is 5.56 Å². The largest absolute Gasteiger partial charge is 0.300 e. The molecule has 2 aromatic carbocycles. The van der Waals surface area contributed by atoms with E-state index in [1.807, 2.05) is 12.1 Å². The number of amides is 1. The lowest BCUT2D eigenvalue weighted by atomic mass is 9.99. The normalized spacial score (nSPS) is 17.1. The van der Waals surface area contributed by atoms with Gasteiger partial charge in [-0.05, 0) is 42.7 Å². The maximum absolute atomic E-state index is 13.0. The van der Waals surface area contributed by atoms with E-state index in [-0.39, 0.29) is 18.2 Å². The molecule has 0 spiro atoms. The van der Waals surface area contributed by atoms with Crippen LogP contribution < -0.4 is 5.32 Å². The molecular weight excluding hydrogens is 527 g/mol. The Morgan fingerprint density at radius 2 is 1.82 bits per heavy atom. The fraction of sp³-hybridized carbons (Fsp3) is 0.286. The number of rotatable bonds is 6. The molecule has 0 radical (unpaired) electrons. The molecule has 0 saturated carbocycles. The Morgan fingerprint density at radius 1 is 1.09 bits per heavy atom. The number of halogens is 3. The first-order valence-electron chi connectivity index (χ1n) is 10.0. The molecular formula is C21H19Cl3N4O3S2. The smallest absolute Gasteiger partial charge is 0.230 e. The number of hydrogen-bond donors (Lipinski definition) is 1. The summed E-state index contributed by atoms with van der Waals surface area (Å²) in [6.07, 6.45) is 1.17. The highest BCUT2D eigenvalue weighted by Crippen LogP contribution is 2.29. The van der Waals surface area contributed by atoms with Crippen molar-refractivity contribution >= 4 is 67.2 Å². The van der Waals surface area contributed by atoms with Crippen LogP contribution in [0.15, 0.2) is 42.5 Å². The van der Waals surface area contributed by atoms with Gasteiger partial charge in [0.1, 0.15) is 5.01 Å². The van der Waals surface area contributed by atoms with Crippen molar-refractivity contribution in [2.45, 2.75) is 18.6 Å². The van der Waals surface area contributed by atoms with Gasteiger partial charge in [-0.3, -0.25) is 4.79 Å². The van der Waals surface area contributed by atoms with Gasteiger partial charge in [0, 0.05) is 33.7 Å². The van der Waals surface area contributed by atoms with Crippen molar-refractivity contribution < 1.29 is 13.2 Å². The minimum Gasteiger partial charge on any atom is -0.300 e. The maximum atomic E-state index is 13.0. The number of carbonyl (C=O) groups excluding carboxylic acids is 1. The number of anilines is 1. The monoisotopic (exact) mass is 544 g/mol. The lowest BCUT2D eigenvalue weighted by Crippen LogP contribution is -2.44. The van der Waals surface area contributed by atoms with Crippen LogP contribution in [-0.2, 0) is 20.6 Å². The molecule has 2 heterocycles. The maximum Gasteiger partial charge on any atom is 0.230 e. The van der Waals surface area contributed by atoms with Crippen LogP contribution in [0.1, 0.15) is 18.4 Å². The van der Waals surface area contributed by atoms with E-state index in [2.05, 4.69) is 15.5 Å². The molecule has 0 aliphatic carbocycles. The predicted octanol–water partition coefficient (Wildman–Crippen LogP) is 5.35. The molecule has 4 rings (SSSR count). The molecule has 1 fully saturated rings. The standard InChI is InChI=1S/C21H19Cl3N4O3S2/c22-16-6-3-13(4-7-16)20-26-27-21(32-20)25-19(29)14-2-1-9-28(11-14)33(30,31)12-15-5-8-17(23)10-18(15)24/h3-8,10,14H,1-2,9,11-12H2,(H,25,27,29)/t14-/m1/s1. The highest BCUT2D eigenvalue weighted by Gasteiger charge is 2.33. The Kier molecular flexibility index (Phi) is 7.57. The summed E-state index contributed by atoms with van der Waals surface area (Å²) in [5.74, 6) is -1.02. The quantitative estimate of drug-likeness (QED) is 0.451. The van der Waals surface area contributed by atoms with E-state index in [4.69, 9.17) is 34.8 Å². The number of aromatic nitrogens is 2. The summed E-state index contributed by atoms with van der Waals surface area (Å²) in [6, 6.07) is 11.9. The molecule has 0 unspecified atom stereocenters. The Morgan fingerprint density at radius 3 is 2.55 bits per heavy atom. The third-order valence-electron chi connectivity index (χ3n) is 5.25. The molecule has 0 bridgehead atoms. The van der Waals surface area contributed by atoms with Crippen LogP contribution in [0.25, 0.3) is 10.6 Å². The van der Waals surface area contributed by atoms with Crippen LogP contribution in [0, 0.1) is 5.92 Å². The van der Waals surface area contributed by atoms with Crippen LogP contribution in [0.3, 0.4) is 0 Å². The lowest BCUT2D eigenvalue weighted by molar-refractivity contribution is -0.120. The first-order valence-corrected chi connectivity index (χ1v) is 13.6. The second-order valence-corrected chi connectivity index (χ2v) is 11.8. The molecule has 7 nitrogen and oxygen atoms in total. The first kappa shape index (κ1) is 24.4. The van der Waals surface area contributed by atoms with E-state index >= 15 is 0 Å². The SMILES string of the molecule is O=C(Nc1nnc(-c2ccc(Cl)cc2)s1)[C@@H]1CCCN(S(=O)(=O)Cc2ccc(Cl)cc2Cl)C1. The number of nitrogens with zero attached hydrogens (tertiary/aromatic N) is 3. The van der Waals surface area contributed by atoms with Gasteiger partial charge in [0.2, 0.25) is 21.1 Å². The molecule has 3 aromatic rings. The topological polar surface area (TPSA) is 92.3 Å². The Balaban J connectivity index is 1.40. The lowest BCUT2D eigenvalue weighted by Gasteiger charge is -2.31. The summed E-state index contributed by atoms with van der Waals surface area (Å²) < 4.78 is 27.3. The summed E-state index contributed by atoms with van der Waals surface area (Å²) in [5.41, 5.74) is 1.31. The molecule has 1 aliphatic rings. The third-order valence-corrected chi connectivity index (χ3v) is 8.77. The van der Waals surface area contributed by atoms with Crippen LogP contribution in [0.5, 0.6) is 0 Å². The molecule has 33 heavy (non-hydrogen) atoms. The summed E-state index contributed by atoms with van der Waals surface area (Å²) in [4.78, 5) is 12.8. The first-order chi connectivity index (χ1) is 15.7. The zero-order valence-corrected chi connectivity index (χ0v) is 21.1. The van der Waals surface area contributed by atoms with Crippen LogP contribution >= 0.6 is 46.1 Å². The average Bonchev–Trinajstić information content (AvgIpc) is 3.24. The van der Waals surface area contributed by atoms with Crippen LogP contribution in [0.2, 0.25) is 15.1 Å². The predicted molar refractivity (Wildman–Crippen MR) is 132 cm³/mol. The molecule has 1 saturated heterocycles. The fourth-order valence-corrected chi connectivity index (χ4v) is 6.60. The van der Waals surface area contributed by atoms with Gasteiger partial charge >= 0.3 is 0 Å². The average molecular weight is 546 g/mol. The summed E-state index contributed by atoms with van der Waals surface area (Å²) in [7, 11) is -3.66. The Bertz CT molecular complexity index is 1270. The molecule has 174 valence electrons. The summed E-state index contributed by atoms with van der Waals surface area (Å²) >= 11 is 19.2. The second-order valence-electron chi connectivity index (χ2n) is 7.60. The number of benzene rings is 2. The van der Waals surface area contributed by atoms with Crippen LogP contribution in [-0.4, -0.2) is 41.9 Å². The van der Waals surface area contributed by atoms with Crippen LogP contribution in [0.4, 0.5) is 5.13 Å². The number of sulfonamides is 1. The number of carbonyl (C=O) groups is 1. The number of hydrogen-bond acceptors (Lipinski definition) is 6. The van der Waals surface area contributed by atoms with Crippen molar-refractivity contribution in [3.05, 3.63) is 63.1 Å². The minimum atomic E-state index is -3.66. The van der Waals surface area contributed by atoms with Crippen molar-refractivity contribution in [3.8, 4) is 10.6 Å². The van der Waals surface area contributed by atoms with E-state index in [0.29, 0.717) is 50.2 Å². The van der Waals surface area contributed by atoms with Gasteiger partial charge in [0.25, 0.3) is 0 Å². The highest BCUT2D eigenvalue weighted by atomic mass is 35.5. The number of piperidine rings is 1. The summed E-state index contributed by atoms with van der Waals surface area (Å²) in [5, 5.41) is 13.3. The van der Waals surface area contributed by atoms with Gasteiger partial charge in [-0.25, -0.2) is 12.7 Å². The van der Waals surface area contributed by atoms with E-state index in [1.54, 1.807) is 24.3 Å². The third kappa shape index (κ3) is 6.03. The summed E-state index contributed by atoms with van der Waals surface area (Å²) in [6.45, 7) is 0.457. The highest BCUT2D eigenvalue weighted by molar-refractivity contribution is 7.88. The zero-order valence-electron chi connectivity index (χ0n) is 17.2. The molecule has 1 atom stereocenters. The van der Waals surface area contributed by atoms with Gasteiger partial charge in [-0.15, -0.1) is 10.2 Å². The molecule has 1 aliphatic heterocycles. The van der Waals surface area contributed by atoms with Crippen molar-refractivity contribution in [1.82, 2.24) is 14.5 Å². The molecule has 12 heteroatoms. The van der Waals surface area contributed by atoms with Gasteiger partial charge in [0.05, 0.1) is 11.7 Å². The van der Waals surface area contributed by atoms with Crippen molar-refractivity contribution in [2.75, 3.05) is 18.4 Å². The van der Waals surface area contributed by atoms with Crippen molar-refractivity contribution in [1.29, 1.82) is 0 Å². The fourth-order valence-electron chi connectivity index (χ4n) is 3.53. The second kappa shape index (κ2) is 10.2. The van der Waals surface area contributed by atoms with Crippen molar-refractivity contribution in [3.63, 3.8) is 0 Å². The van der Waals surface area contributed by atoms with E-state index in [9.17, 15) is 13.2 Å². The zero-order chi connectivity index (χ0) is 23.6. The van der Waals surface area contributed by atoms with Crippen molar-refractivity contribution in [2.24, 2.45) is 5.92 Å². The molecule has 1 amide bonds. The minimum absolute atomic E-state index is 0.0994. The van der Waals surface area contributed by atoms with Gasteiger partial charge in [-0.1, -0.05) is 64.3 Å². The van der Waals surface area contributed by atoms with E-state index < -0.39 is 15.9 Å². The Labute approximate surface area is 210 Å². The molecule has 1 N–H and O–H groups in total. The number of nitrogens with one attached hydrogen (secondary N) is 1. The van der Waals surface area contributed by atoms with E-state index in [1.165, 1.54) is 21.7 Å². The van der Waals surface area contributed by atoms with Gasteiger partial charge in [-0.2, -0.15) is 0 Å². The Hall–Kier alpha value is -1.75. The van der Waals surface area contributed by atoms with Gasteiger partial charge in [0.15, 0.2) is 0 Å². The van der Waals surface area contributed by atoms with Gasteiger partial charge < -0.3 is 5.32 Å².